The SMILES string of the molecule is C=C(C)S(=O)(=O)Oc1ccccc1. The molecule has 13 heavy (non-hydrogen) atoms. The molecule has 0 unspecified atom stereocenters. The van der Waals surface area contributed by atoms with Gasteiger partial charge in [-0.05, 0) is 19.1 Å². The topological polar surface area (TPSA) is 43.4 Å². The summed E-state index contributed by atoms with van der Waals surface area (Å²) < 4.78 is 27.1. The summed E-state index contributed by atoms with van der Waals surface area (Å²) in [5.41, 5.74) is 0. The van der Waals surface area contributed by atoms with Gasteiger partial charge < -0.3 is 4.18 Å². The molecule has 0 N–H and O–H groups in total. The average molecular weight is 198 g/mol. The molecule has 0 saturated heterocycles. The third-order valence-electron chi connectivity index (χ3n) is 1.38. The van der Waals surface area contributed by atoms with Gasteiger partial charge in [0.1, 0.15) is 5.75 Å². The van der Waals surface area contributed by atoms with Crippen molar-refractivity contribution in [3.8, 4) is 5.75 Å². The Hall–Kier alpha value is -1.29. The van der Waals surface area contributed by atoms with E-state index in [0.717, 1.165) is 0 Å². The first-order chi connectivity index (χ1) is 6.02. The van der Waals surface area contributed by atoms with Crippen molar-refractivity contribution in [3.05, 3.63) is 41.8 Å². The van der Waals surface area contributed by atoms with Gasteiger partial charge in [0.15, 0.2) is 0 Å². The lowest BCUT2D eigenvalue weighted by atomic mass is 10.3. The lowest BCUT2D eigenvalue weighted by molar-refractivity contribution is 0.493. The number of para-hydroxylation sites is 1. The molecule has 0 bridgehead atoms. The predicted octanol–water partition coefficient (Wildman–Crippen LogP) is 1.93. The van der Waals surface area contributed by atoms with Gasteiger partial charge in [0.05, 0.1) is 4.91 Å². The van der Waals surface area contributed by atoms with E-state index in [1.165, 1.54) is 6.92 Å². The lowest BCUT2D eigenvalue weighted by Gasteiger charge is -2.04. The highest BCUT2D eigenvalue weighted by atomic mass is 32.2. The fourth-order valence-corrected chi connectivity index (χ4v) is 1.18. The van der Waals surface area contributed by atoms with Crippen LogP contribution in [-0.4, -0.2) is 8.42 Å². The number of hydrogen-bond donors (Lipinski definition) is 0. The summed E-state index contributed by atoms with van der Waals surface area (Å²) in [6.07, 6.45) is 0. The van der Waals surface area contributed by atoms with Crippen LogP contribution < -0.4 is 4.18 Å². The summed E-state index contributed by atoms with van der Waals surface area (Å²) in [5.74, 6) is 0.297. The molecular formula is C9H10O3S. The molecule has 0 heterocycles. The Balaban J connectivity index is 2.88. The Labute approximate surface area is 77.8 Å². The molecule has 1 rings (SSSR count). The molecule has 0 fully saturated rings. The van der Waals surface area contributed by atoms with Crippen LogP contribution in [0.15, 0.2) is 41.8 Å². The van der Waals surface area contributed by atoms with Crippen LogP contribution in [0.5, 0.6) is 5.75 Å². The maximum absolute atomic E-state index is 11.2. The zero-order valence-corrected chi connectivity index (χ0v) is 8.04. The van der Waals surface area contributed by atoms with Crippen molar-refractivity contribution in [3.63, 3.8) is 0 Å². The minimum Gasteiger partial charge on any atom is -0.379 e. The number of hydrogen-bond acceptors (Lipinski definition) is 3. The molecule has 1 aromatic rings. The second-order valence-electron chi connectivity index (χ2n) is 2.55. The normalized spacial score (nSPS) is 10.8. The third-order valence-corrected chi connectivity index (χ3v) is 2.64. The van der Waals surface area contributed by atoms with Crippen molar-refractivity contribution in [1.29, 1.82) is 0 Å². The van der Waals surface area contributed by atoms with E-state index in [0.29, 0.717) is 5.75 Å². The molecular weight excluding hydrogens is 188 g/mol. The molecule has 0 atom stereocenters. The summed E-state index contributed by atoms with van der Waals surface area (Å²) in [6, 6.07) is 8.31. The Morgan fingerprint density at radius 1 is 1.31 bits per heavy atom. The van der Waals surface area contributed by atoms with Gasteiger partial charge in [-0.1, -0.05) is 24.8 Å². The first-order valence-electron chi connectivity index (χ1n) is 3.67. The summed E-state index contributed by atoms with van der Waals surface area (Å²) >= 11 is 0. The van der Waals surface area contributed by atoms with Gasteiger partial charge in [0.2, 0.25) is 0 Å². The van der Waals surface area contributed by atoms with Gasteiger partial charge in [-0.15, -0.1) is 0 Å². The van der Waals surface area contributed by atoms with E-state index >= 15 is 0 Å². The molecule has 1 aromatic carbocycles. The zero-order valence-electron chi connectivity index (χ0n) is 7.23. The van der Waals surface area contributed by atoms with Crippen molar-refractivity contribution in [1.82, 2.24) is 0 Å². The fraction of sp³-hybridized carbons (Fsp3) is 0.111. The summed E-state index contributed by atoms with van der Waals surface area (Å²) in [7, 11) is -3.65. The molecule has 3 nitrogen and oxygen atoms in total. The largest absolute Gasteiger partial charge is 0.379 e. The van der Waals surface area contributed by atoms with Crippen LogP contribution in [0.2, 0.25) is 0 Å². The smallest absolute Gasteiger partial charge is 0.334 e. The molecule has 0 spiro atoms. The van der Waals surface area contributed by atoms with E-state index in [9.17, 15) is 8.42 Å². The van der Waals surface area contributed by atoms with Gasteiger partial charge in [-0.2, -0.15) is 8.42 Å². The molecule has 0 aromatic heterocycles. The van der Waals surface area contributed by atoms with Crippen molar-refractivity contribution >= 4 is 10.1 Å². The van der Waals surface area contributed by atoms with Crippen LogP contribution in [0, 0.1) is 0 Å². The van der Waals surface area contributed by atoms with Crippen LogP contribution >= 0.6 is 0 Å². The summed E-state index contributed by atoms with van der Waals surface area (Å²) in [5, 5.41) is 0. The van der Waals surface area contributed by atoms with Crippen LogP contribution in [0.3, 0.4) is 0 Å². The summed E-state index contributed by atoms with van der Waals surface area (Å²) in [4.78, 5) is -0.00338. The van der Waals surface area contributed by atoms with E-state index in [1.807, 2.05) is 0 Å². The van der Waals surface area contributed by atoms with Crippen LogP contribution in [-0.2, 0) is 10.1 Å². The minimum absolute atomic E-state index is 0.00338. The molecule has 0 radical (unpaired) electrons. The third kappa shape index (κ3) is 2.59. The molecule has 0 aliphatic rings. The van der Waals surface area contributed by atoms with E-state index in [2.05, 4.69) is 6.58 Å². The zero-order chi connectivity index (χ0) is 9.90. The highest BCUT2D eigenvalue weighted by Crippen LogP contribution is 2.14. The second-order valence-corrected chi connectivity index (χ2v) is 4.32. The van der Waals surface area contributed by atoms with Crippen LogP contribution in [0.1, 0.15) is 6.92 Å². The highest BCUT2D eigenvalue weighted by molar-refractivity contribution is 7.91. The Bertz CT molecular complexity index is 392. The maximum atomic E-state index is 11.2. The van der Waals surface area contributed by atoms with Gasteiger partial charge in [-0.25, -0.2) is 0 Å². The molecule has 70 valence electrons. The van der Waals surface area contributed by atoms with Crippen molar-refractivity contribution < 1.29 is 12.6 Å². The minimum atomic E-state index is -3.65. The van der Waals surface area contributed by atoms with Crippen molar-refractivity contribution in [2.24, 2.45) is 0 Å². The molecule has 0 saturated carbocycles. The monoisotopic (exact) mass is 198 g/mol. The van der Waals surface area contributed by atoms with Crippen LogP contribution in [0.4, 0.5) is 0 Å². The first-order valence-corrected chi connectivity index (χ1v) is 5.08. The second kappa shape index (κ2) is 3.62. The van der Waals surface area contributed by atoms with E-state index in [4.69, 9.17) is 4.18 Å². The lowest BCUT2D eigenvalue weighted by Crippen LogP contribution is -2.08. The average Bonchev–Trinajstić information content (AvgIpc) is 2.05. The fourth-order valence-electron chi connectivity index (χ4n) is 0.674. The maximum Gasteiger partial charge on any atom is 0.334 e. The van der Waals surface area contributed by atoms with E-state index in [1.54, 1.807) is 30.3 Å². The quantitative estimate of drug-likeness (QED) is 0.697. The number of allylic oxidation sites excluding steroid dienone is 1. The predicted molar refractivity (Wildman–Crippen MR) is 50.8 cm³/mol. The molecule has 0 aliphatic carbocycles. The number of rotatable bonds is 3. The Morgan fingerprint density at radius 2 is 1.85 bits per heavy atom. The van der Waals surface area contributed by atoms with Crippen molar-refractivity contribution in [2.45, 2.75) is 6.92 Å². The van der Waals surface area contributed by atoms with E-state index in [-0.39, 0.29) is 4.91 Å². The van der Waals surface area contributed by atoms with Gasteiger partial charge >= 0.3 is 10.1 Å². The Morgan fingerprint density at radius 3 is 2.31 bits per heavy atom. The molecule has 0 aliphatic heterocycles. The summed E-state index contributed by atoms with van der Waals surface area (Å²) in [6.45, 7) is 4.70. The molecule has 4 heteroatoms. The first kappa shape index (κ1) is 9.80. The standard InChI is InChI=1S/C9H10O3S/c1-8(2)13(10,11)12-9-6-4-3-5-7-9/h3-7H,1H2,2H3. The van der Waals surface area contributed by atoms with Crippen LogP contribution in [0.25, 0.3) is 0 Å². The van der Waals surface area contributed by atoms with Gasteiger partial charge in [-0.3, -0.25) is 0 Å². The van der Waals surface area contributed by atoms with Gasteiger partial charge in [0.25, 0.3) is 0 Å². The molecule has 0 amide bonds. The van der Waals surface area contributed by atoms with Gasteiger partial charge in [0, 0.05) is 0 Å². The number of benzene rings is 1. The van der Waals surface area contributed by atoms with E-state index < -0.39 is 10.1 Å². The Kier molecular flexibility index (Phi) is 2.72. The van der Waals surface area contributed by atoms with Crippen molar-refractivity contribution in [2.75, 3.05) is 0 Å². The highest BCUT2D eigenvalue weighted by Gasteiger charge is 2.12.